The number of aromatic nitrogens is 1. The largest absolute Gasteiger partial charge is 0.458 e. The predicted octanol–water partition coefficient (Wildman–Crippen LogP) is 4.75. The predicted molar refractivity (Wildman–Crippen MR) is 139 cm³/mol. The van der Waals surface area contributed by atoms with Crippen LogP contribution in [-0.4, -0.2) is 15.3 Å². The van der Waals surface area contributed by atoms with Crippen molar-refractivity contribution < 1.29 is 14.1 Å². The second kappa shape index (κ2) is 9.29. The average Bonchev–Trinajstić information content (AvgIpc) is 3.44. The minimum absolute atomic E-state index is 0.0327. The Morgan fingerprint density at radius 2 is 1.83 bits per heavy atom. The van der Waals surface area contributed by atoms with Gasteiger partial charge in [-0.25, -0.2) is 4.99 Å². The third kappa shape index (κ3) is 4.29. The van der Waals surface area contributed by atoms with Gasteiger partial charge in [0.05, 0.1) is 9.46 Å². The van der Waals surface area contributed by atoms with E-state index in [1.807, 2.05) is 30.3 Å². The fraction of sp³-hybridized carbons (Fsp3) is 0.115. The standard InChI is InChI=1S/C26H18BrN3O5S/c1-14-23(15(2)31)24(21-12-11-20(35-21)17-5-7-18(27)8-6-17)29-25(32)22(36-26(29)28-14)13-16-3-9-19(10-4-16)30(33)34/h3-13,24H,1-2H3/b22-13+/t24-/m0/s1. The summed E-state index contributed by atoms with van der Waals surface area (Å²) in [6.45, 7) is 3.20. The molecule has 0 fully saturated rings. The van der Waals surface area contributed by atoms with E-state index in [0.717, 1.165) is 10.0 Å². The zero-order chi connectivity index (χ0) is 25.6. The van der Waals surface area contributed by atoms with E-state index in [1.165, 1.54) is 35.0 Å². The van der Waals surface area contributed by atoms with Crippen LogP contribution in [0.3, 0.4) is 0 Å². The van der Waals surface area contributed by atoms with E-state index >= 15 is 0 Å². The van der Waals surface area contributed by atoms with Crippen molar-refractivity contribution in [3.05, 3.63) is 118 Å². The Morgan fingerprint density at radius 3 is 2.47 bits per heavy atom. The van der Waals surface area contributed by atoms with Gasteiger partial charge >= 0.3 is 0 Å². The zero-order valence-corrected chi connectivity index (χ0v) is 21.5. The molecule has 4 aromatic rings. The molecule has 0 spiro atoms. The minimum Gasteiger partial charge on any atom is -0.458 e. The summed E-state index contributed by atoms with van der Waals surface area (Å²) in [6.07, 6.45) is 1.66. The number of fused-ring (bicyclic) bond motifs is 1. The van der Waals surface area contributed by atoms with E-state index in [0.29, 0.717) is 37.7 Å². The van der Waals surface area contributed by atoms with Gasteiger partial charge in [0.2, 0.25) is 0 Å². The summed E-state index contributed by atoms with van der Waals surface area (Å²) in [5.41, 5.74) is 2.06. The molecule has 180 valence electrons. The lowest BCUT2D eigenvalue weighted by atomic mass is 9.98. The van der Waals surface area contributed by atoms with Gasteiger partial charge in [-0.3, -0.25) is 24.3 Å². The molecule has 1 aliphatic heterocycles. The summed E-state index contributed by atoms with van der Waals surface area (Å²) in [5, 5.41) is 10.9. The molecule has 8 nitrogen and oxygen atoms in total. The molecule has 5 rings (SSSR count). The van der Waals surface area contributed by atoms with Crippen molar-refractivity contribution in [3.63, 3.8) is 0 Å². The maximum absolute atomic E-state index is 13.6. The number of allylic oxidation sites excluding steroid dienone is 2. The SMILES string of the molecule is CC(=O)C1=C(C)N=c2s/c(=C/c3ccc([N+](=O)[O-])cc3)c(=O)n2[C@H]1c1ccc(-c2ccc(Br)cc2)o1. The van der Waals surface area contributed by atoms with Crippen molar-refractivity contribution in [2.75, 3.05) is 0 Å². The van der Waals surface area contributed by atoms with Crippen molar-refractivity contribution in [2.45, 2.75) is 19.9 Å². The number of nitrogens with zero attached hydrogens (tertiary/aromatic N) is 3. The van der Waals surface area contributed by atoms with Gasteiger partial charge in [0, 0.05) is 33.4 Å². The van der Waals surface area contributed by atoms with Crippen LogP contribution in [0, 0.1) is 10.1 Å². The third-order valence-corrected chi connectivity index (χ3v) is 7.34. The molecule has 0 aliphatic carbocycles. The lowest BCUT2D eigenvalue weighted by Crippen LogP contribution is -2.39. The van der Waals surface area contributed by atoms with Gasteiger partial charge in [-0.15, -0.1) is 0 Å². The van der Waals surface area contributed by atoms with Crippen LogP contribution in [0.2, 0.25) is 0 Å². The topological polar surface area (TPSA) is 108 Å². The molecule has 0 saturated carbocycles. The molecule has 1 atom stereocenters. The van der Waals surface area contributed by atoms with Gasteiger partial charge in [0.25, 0.3) is 11.2 Å². The molecule has 0 saturated heterocycles. The first-order valence-electron chi connectivity index (χ1n) is 10.9. The molecule has 1 aliphatic rings. The lowest BCUT2D eigenvalue weighted by molar-refractivity contribution is -0.384. The number of benzene rings is 2. The number of carbonyl (C=O) groups excluding carboxylic acids is 1. The monoisotopic (exact) mass is 563 g/mol. The highest BCUT2D eigenvalue weighted by molar-refractivity contribution is 9.10. The summed E-state index contributed by atoms with van der Waals surface area (Å²) >= 11 is 4.61. The van der Waals surface area contributed by atoms with E-state index in [4.69, 9.17) is 4.42 Å². The lowest BCUT2D eigenvalue weighted by Gasteiger charge is -2.22. The van der Waals surface area contributed by atoms with Crippen LogP contribution in [-0.2, 0) is 4.79 Å². The van der Waals surface area contributed by atoms with Crippen LogP contribution in [0.1, 0.15) is 31.2 Å². The summed E-state index contributed by atoms with van der Waals surface area (Å²) in [4.78, 5) is 41.7. The van der Waals surface area contributed by atoms with Crippen molar-refractivity contribution >= 4 is 44.8 Å². The van der Waals surface area contributed by atoms with E-state index in [9.17, 15) is 19.7 Å². The molecule has 10 heteroatoms. The molecule has 2 aromatic heterocycles. The second-order valence-corrected chi connectivity index (χ2v) is 10.1. The number of halogens is 1. The van der Waals surface area contributed by atoms with Gasteiger partial charge in [-0.1, -0.05) is 39.4 Å². The summed E-state index contributed by atoms with van der Waals surface area (Å²) in [6, 6.07) is 16.4. The van der Waals surface area contributed by atoms with Crippen LogP contribution >= 0.6 is 27.3 Å². The molecule has 36 heavy (non-hydrogen) atoms. The smallest absolute Gasteiger partial charge is 0.271 e. The highest BCUT2D eigenvalue weighted by Crippen LogP contribution is 2.34. The number of furan rings is 1. The van der Waals surface area contributed by atoms with E-state index in [1.54, 1.807) is 31.2 Å². The van der Waals surface area contributed by atoms with Crippen LogP contribution in [0.25, 0.3) is 17.4 Å². The maximum atomic E-state index is 13.6. The van der Waals surface area contributed by atoms with Gasteiger partial charge in [0.15, 0.2) is 10.6 Å². The number of non-ortho nitro benzene ring substituents is 1. The van der Waals surface area contributed by atoms with Gasteiger partial charge in [-0.2, -0.15) is 0 Å². The Balaban J connectivity index is 1.65. The third-order valence-electron chi connectivity index (χ3n) is 5.83. The van der Waals surface area contributed by atoms with Crippen molar-refractivity contribution in [1.29, 1.82) is 0 Å². The minimum atomic E-state index is -0.762. The van der Waals surface area contributed by atoms with Crippen molar-refractivity contribution in [3.8, 4) is 11.3 Å². The van der Waals surface area contributed by atoms with Gasteiger partial charge < -0.3 is 4.42 Å². The Labute approximate surface area is 216 Å². The first-order valence-corrected chi connectivity index (χ1v) is 12.5. The number of rotatable bonds is 5. The quantitative estimate of drug-likeness (QED) is 0.257. The molecule has 0 unspecified atom stereocenters. The van der Waals surface area contributed by atoms with Crippen molar-refractivity contribution in [2.24, 2.45) is 4.99 Å². The molecular weight excluding hydrogens is 546 g/mol. The number of ketones is 1. The molecule has 0 bridgehead atoms. The molecule has 0 radical (unpaired) electrons. The Morgan fingerprint density at radius 1 is 1.14 bits per heavy atom. The second-order valence-electron chi connectivity index (χ2n) is 8.20. The van der Waals surface area contributed by atoms with E-state index in [2.05, 4.69) is 20.9 Å². The van der Waals surface area contributed by atoms with Gasteiger partial charge in [0.1, 0.15) is 17.6 Å². The number of thiazole rings is 1. The molecule has 3 heterocycles. The molecular formula is C26H18BrN3O5S. The number of nitro groups is 1. The number of hydrogen-bond donors (Lipinski definition) is 0. The molecule has 0 amide bonds. The van der Waals surface area contributed by atoms with Gasteiger partial charge in [-0.05, 0) is 61.9 Å². The first-order chi connectivity index (χ1) is 17.2. The fourth-order valence-corrected chi connectivity index (χ4v) is 5.46. The maximum Gasteiger partial charge on any atom is 0.271 e. The van der Waals surface area contributed by atoms with Crippen LogP contribution in [0.5, 0.6) is 0 Å². The van der Waals surface area contributed by atoms with Crippen LogP contribution in [0.4, 0.5) is 5.69 Å². The average molecular weight is 564 g/mol. The number of nitro benzene ring substituents is 1. The highest BCUT2D eigenvalue weighted by Gasteiger charge is 2.33. The summed E-state index contributed by atoms with van der Waals surface area (Å²) in [7, 11) is 0. The zero-order valence-electron chi connectivity index (χ0n) is 19.1. The summed E-state index contributed by atoms with van der Waals surface area (Å²) in [5.74, 6) is 0.867. The van der Waals surface area contributed by atoms with E-state index < -0.39 is 11.0 Å². The number of Topliss-reactive ketones (excluding diaryl/α,β-unsaturated/α-hetero) is 1. The van der Waals surface area contributed by atoms with E-state index in [-0.39, 0.29) is 17.0 Å². The Hall–Kier alpha value is -3.89. The first kappa shape index (κ1) is 23.8. The fourth-order valence-electron chi connectivity index (χ4n) is 4.15. The van der Waals surface area contributed by atoms with Crippen LogP contribution in [0.15, 0.2) is 90.6 Å². The highest BCUT2D eigenvalue weighted by atomic mass is 79.9. The Kier molecular flexibility index (Phi) is 6.15. The summed E-state index contributed by atoms with van der Waals surface area (Å²) < 4.78 is 9.00. The van der Waals surface area contributed by atoms with Crippen LogP contribution < -0.4 is 14.9 Å². The molecule has 0 N–H and O–H groups in total. The number of hydrogen-bond acceptors (Lipinski definition) is 7. The number of carbonyl (C=O) groups is 1. The van der Waals surface area contributed by atoms with Crippen molar-refractivity contribution in [1.82, 2.24) is 4.57 Å². The molecule has 2 aromatic carbocycles. The normalized spacial score (nSPS) is 15.5. The Bertz CT molecular complexity index is 1730.